The van der Waals surface area contributed by atoms with E-state index in [4.69, 9.17) is 5.73 Å². The van der Waals surface area contributed by atoms with Gasteiger partial charge in [0.25, 0.3) is 5.78 Å². The van der Waals surface area contributed by atoms with Crippen LogP contribution in [0, 0.1) is 0 Å². The summed E-state index contributed by atoms with van der Waals surface area (Å²) in [4.78, 5) is 10.9. The van der Waals surface area contributed by atoms with Crippen LogP contribution in [0.15, 0.2) is 24.3 Å². The number of rotatable bonds is 4. The van der Waals surface area contributed by atoms with Gasteiger partial charge in [-0.05, 0) is 5.56 Å². The Kier molecular flexibility index (Phi) is 4.44. The van der Waals surface area contributed by atoms with Crippen molar-refractivity contribution < 1.29 is 28.2 Å². The fourth-order valence-electron chi connectivity index (χ4n) is 1.35. The fourth-order valence-corrected chi connectivity index (χ4v) is 1.35. The minimum absolute atomic E-state index is 0.187. The predicted octanol–water partition coefficient (Wildman–Crippen LogP) is 0.785. The van der Waals surface area contributed by atoms with E-state index in [1.54, 1.807) is 0 Å². The fraction of sp³-hybridized carbons (Fsp3) is 0.364. The third-order valence-corrected chi connectivity index (χ3v) is 2.38. The molecule has 0 aliphatic heterocycles. The summed E-state index contributed by atoms with van der Waals surface area (Å²) in [6, 6.07) is 4.17. The van der Waals surface area contributed by atoms with Crippen molar-refractivity contribution in [2.24, 2.45) is 5.73 Å². The molecule has 0 saturated carbocycles. The van der Waals surface area contributed by atoms with Gasteiger partial charge in [0.15, 0.2) is 0 Å². The number of aliphatic hydroxyl groups is 2. The van der Waals surface area contributed by atoms with Crippen molar-refractivity contribution in [1.82, 2.24) is 0 Å². The summed E-state index contributed by atoms with van der Waals surface area (Å²) in [5.74, 6) is -1.96. The van der Waals surface area contributed by atoms with Crippen molar-refractivity contribution in [2.45, 2.75) is 18.4 Å². The van der Waals surface area contributed by atoms with Crippen LogP contribution >= 0.6 is 0 Å². The Morgan fingerprint density at radius 3 is 2.11 bits per heavy atom. The number of alkyl halides is 3. The Hall–Kier alpha value is -1.44. The molecule has 0 aliphatic carbocycles. The zero-order valence-corrected chi connectivity index (χ0v) is 9.19. The topological polar surface area (TPSA) is 83.6 Å². The van der Waals surface area contributed by atoms with E-state index in [2.05, 4.69) is 0 Å². The van der Waals surface area contributed by atoms with Gasteiger partial charge < -0.3 is 15.9 Å². The molecule has 0 aromatic heterocycles. The number of benzene rings is 1. The quantitative estimate of drug-likeness (QED) is 0.701. The minimum atomic E-state index is -4.93. The van der Waals surface area contributed by atoms with E-state index in [0.717, 1.165) is 24.3 Å². The van der Waals surface area contributed by atoms with Gasteiger partial charge in [0.05, 0.1) is 6.10 Å². The maximum Gasteiger partial charge on any atom is 0.454 e. The van der Waals surface area contributed by atoms with Gasteiger partial charge in [-0.1, -0.05) is 24.3 Å². The summed E-state index contributed by atoms with van der Waals surface area (Å²) in [5.41, 5.74) is 4.79. The number of hydrogen-bond donors (Lipinski definition) is 3. The summed E-state index contributed by atoms with van der Waals surface area (Å²) in [6.45, 7) is -0.190. The van der Waals surface area contributed by atoms with Gasteiger partial charge >= 0.3 is 6.18 Å². The van der Waals surface area contributed by atoms with Crippen LogP contribution in [-0.4, -0.2) is 34.8 Å². The monoisotopic (exact) mass is 263 g/mol. The minimum Gasteiger partial charge on any atom is -0.389 e. The predicted molar refractivity (Wildman–Crippen MR) is 56.8 cm³/mol. The molecule has 7 heteroatoms. The average Bonchev–Trinajstić information content (AvgIpc) is 2.35. The Balaban J connectivity index is 2.90. The largest absolute Gasteiger partial charge is 0.454 e. The van der Waals surface area contributed by atoms with E-state index >= 15 is 0 Å². The molecule has 2 unspecified atom stereocenters. The van der Waals surface area contributed by atoms with Crippen LogP contribution in [0.5, 0.6) is 0 Å². The third-order valence-electron chi connectivity index (χ3n) is 2.38. The molecule has 2 atom stereocenters. The maximum atomic E-state index is 12.1. The molecular formula is C11H12F3NO3. The summed E-state index contributed by atoms with van der Waals surface area (Å²) in [5, 5.41) is 18.8. The van der Waals surface area contributed by atoms with Crippen LogP contribution in [0.3, 0.4) is 0 Å². The van der Waals surface area contributed by atoms with Crippen LogP contribution in [0.2, 0.25) is 0 Å². The molecule has 4 N–H and O–H groups in total. The molecule has 0 fully saturated rings. The Bertz CT molecular complexity index is 417. The first-order chi connectivity index (χ1) is 8.27. The lowest BCUT2D eigenvalue weighted by Gasteiger charge is -2.16. The van der Waals surface area contributed by atoms with E-state index in [9.17, 15) is 28.2 Å². The normalized spacial score (nSPS) is 15.2. The van der Waals surface area contributed by atoms with Gasteiger partial charge in [0.2, 0.25) is 0 Å². The number of nitrogens with two attached hydrogens (primary N) is 1. The summed E-state index contributed by atoms with van der Waals surface area (Å²) >= 11 is 0. The lowest BCUT2D eigenvalue weighted by atomic mass is 10.0. The van der Waals surface area contributed by atoms with Gasteiger partial charge in [-0.3, -0.25) is 4.79 Å². The number of hydrogen-bond acceptors (Lipinski definition) is 4. The van der Waals surface area contributed by atoms with E-state index in [1.165, 1.54) is 0 Å². The third kappa shape index (κ3) is 3.28. The number of Topliss-reactive ketones (excluding diaryl/α,β-unsaturated/α-hetero) is 1. The zero-order chi connectivity index (χ0) is 13.9. The van der Waals surface area contributed by atoms with Crippen molar-refractivity contribution in [2.75, 3.05) is 6.54 Å². The molecule has 0 amide bonds. The summed E-state index contributed by atoms with van der Waals surface area (Å²) in [6.07, 6.45) is -7.45. The second-order valence-corrected chi connectivity index (χ2v) is 3.70. The first-order valence-electron chi connectivity index (χ1n) is 5.05. The van der Waals surface area contributed by atoms with Crippen LogP contribution in [-0.2, 0) is 0 Å². The lowest BCUT2D eigenvalue weighted by molar-refractivity contribution is -0.0885. The highest BCUT2D eigenvalue weighted by Gasteiger charge is 2.39. The number of aliphatic hydroxyl groups excluding tert-OH is 2. The van der Waals surface area contributed by atoms with Crippen LogP contribution in [0.25, 0.3) is 0 Å². The lowest BCUT2D eigenvalue weighted by Crippen LogP contribution is -2.27. The van der Waals surface area contributed by atoms with Crippen molar-refractivity contribution in [3.05, 3.63) is 35.4 Å². The van der Waals surface area contributed by atoms with Crippen molar-refractivity contribution in [3.63, 3.8) is 0 Å². The molecule has 1 aromatic rings. The Labute approximate surface area is 101 Å². The second kappa shape index (κ2) is 5.47. The first kappa shape index (κ1) is 14.6. The molecule has 0 bridgehead atoms. The standard InChI is InChI=1S/C11H12F3NO3/c12-11(13,14)10(18)7-3-1-6(2-4-7)9(17)8(16)5-15/h1-4,8-9,16-17H,5,15H2. The van der Waals surface area contributed by atoms with E-state index in [1.807, 2.05) is 0 Å². The number of carbonyl (C=O) groups is 1. The highest BCUT2D eigenvalue weighted by molar-refractivity contribution is 6.00. The highest BCUT2D eigenvalue weighted by atomic mass is 19.4. The Morgan fingerprint density at radius 1 is 1.22 bits per heavy atom. The maximum absolute atomic E-state index is 12.1. The van der Waals surface area contributed by atoms with E-state index in [-0.39, 0.29) is 12.1 Å². The molecule has 0 heterocycles. The summed E-state index contributed by atoms with van der Waals surface area (Å²) in [7, 11) is 0. The smallest absolute Gasteiger partial charge is 0.389 e. The molecule has 0 aliphatic rings. The van der Waals surface area contributed by atoms with Gasteiger partial charge in [-0.15, -0.1) is 0 Å². The van der Waals surface area contributed by atoms with Crippen molar-refractivity contribution in [1.29, 1.82) is 0 Å². The molecule has 1 rings (SSSR count). The molecular weight excluding hydrogens is 251 g/mol. The number of ketones is 1. The number of halogens is 3. The highest BCUT2D eigenvalue weighted by Crippen LogP contribution is 2.23. The molecule has 0 saturated heterocycles. The van der Waals surface area contributed by atoms with Gasteiger partial charge in [0.1, 0.15) is 6.10 Å². The van der Waals surface area contributed by atoms with Crippen LogP contribution in [0.4, 0.5) is 13.2 Å². The van der Waals surface area contributed by atoms with Gasteiger partial charge in [0, 0.05) is 12.1 Å². The molecule has 18 heavy (non-hydrogen) atoms. The van der Waals surface area contributed by atoms with Crippen LogP contribution < -0.4 is 5.73 Å². The molecule has 4 nitrogen and oxygen atoms in total. The van der Waals surface area contributed by atoms with E-state index in [0.29, 0.717) is 0 Å². The van der Waals surface area contributed by atoms with Crippen LogP contribution in [0.1, 0.15) is 22.0 Å². The van der Waals surface area contributed by atoms with Gasteiger partial charge in [-0.25, -0.2) is 0 Å². The molecule has 0 radical (unpaired) electrons. The first-order valence-corrected chi connectivity index (χ1v) is 5.05. The van der Waals surface area contributed by atoms with E-state index < -0.39 is 29.7 Å². The zero-order valence-electron chi connectivity index (χ0n) is 9.19. The summed E-state index contributed by atoms with van der Waals surface area (Å²) < 4.78 is 36.4. The molecule has 100 valence electrons. The average molecular weight is 263 g/mol. The SMILES string of the molecule is NCC(O)C(O)c1ccc(C(=O)C(F)(F)F)cc1. The van der Waals surface area contributed by atoms with Gasteiger partial charge in [-0.2, -0.15) is 13.2 Å². The number of carbonyl (C=O) groups excluding carboxylic acids is 1. The molecule has 1 aromatic carbocycles. The Morgan fingerprint density at radius 2 is 1.72 bits per heavy atom. The molecule has 0 spiro atoms. The van der Waals surface area contributed by atoms with Crippen molar-refractivity contribution in [3.8, 4) is 0 Å². The second-order valence-electron chi connectivity index (χ2n) is 3.70. The van der Waals surface area contributed by atoms with Crippen molar-refractivity contribution >= 4 is 5.78 Å².